The van der Waals surface area contributed by atoms with Crippen LogP contribution in [-0.2, 0) is 11.3 Å². The highest BCUT2D eigenvalue weighted by molar-refractivity contribution is 5.84. The molecule has 0 spiro atoms. The Labute approximate surface area is 183 Å². The van der Waals surface area contributed by atoms with E-state index in [-0.39, 0.29) is 11.8 Å². The van der Waals surface area contributed by atoms with E-state index in [0.29, 0.717) is 6.54 Å². The fraction of sp³-hybridized carbons (Fsp3) is 0.250. The van der Waals surface area contributed by atoms with E-state index in [1.54, 1.807) is 0 Å². The first-order chi connectivity index (χ1) is 15.2. The van der Waals surface area contributed by atoms with Crippen molar-refractivity contribution in [3.05, 3.63) is 114 Å². The van der Waals surface area contributed by atoms with Crippen molar-refractivity contribution in [3.63, 3.8) is 0 Å². The van der Waals surface area contributed by atoms with Gasteiger partial charge in [-0.05, 0) is 28.7 Å². The van der Waals surface area contributed by atoms with Crippen molar-refractivity contribution in [2.75, 3.05) is 13.1 Å². The molecule has 0 radical (unpaired) electrons. The van der Waals surface area contributed by atoms with Gasteiger partial charge in [-0.1, -0.05) is 97.1 Å². The van der Waals surface area contributed by atoms with Crippen molar-refractivity contribution < 1.29 is 9.90 Å². The molecule has 0 amide bonds. The topological polar surface area (TPSA) is 40.5 Å². The molecule has 1 aliphatic carbocycles. The molecule has 2 aliphatic rings. The quantitative estimate of drug-likeness (QED) is 0.608. The summed E-state index contributed by atoms with van der Waals surface area (Å²) in [6.45, 7) is 2.09. The number of benzene rings is 3. The number of hydrogen-bond acceptors (Lipinski definition) is 2. The summed E-state index contributed by atoms with van der Waals surface area (Å²) in [5.74, 6) is -0.761. The van der Waals surface area contributed by atoms with E-state index in [4.69, 9.17) is 0 Å². The van der Waals surface area contributed by atoms with Gasteiger partial charge in [0.15, 0.2) is 0 Å². The Morgan fingerprint density at radius 2 is 1.48 bits per heavy atom. The van der Waals surface area contributed by atoms with Gasteiger partial charge in [-0.2, -0.15) is 0 Å². The number of hydrogen-bond donors (Lipinski definition) is 1. The molecule has 3 aromatic carbocycles. The zero-order valence-electron chi connectivity index (χ0n) is 17.5. The fourth-order valence-electron chi connectivity index (χ4n) is 5.69. The first kappa shape index (κ1) is 19.8. The largest absolute Gasteiger partial charge is 0.481 e. The van der Waals surface area contributed by atoms with Crippen LogP contribution in [0.5, 0.6) is 0 Å². The Balaban J connectivity index is 1.59. The number of carbonyl (C=O) groups is 1. The molecule has 3 nitrogen and oxygen atoms in total. The molecule has 3 aromatic rings. The first-order valence-corrected chi connectivity index (χ1v) is 11.0. The highest BCUT2D eigenvalue weighted by atomic mass is 16.4. The molecular weight excluding hydrogens is 382 g/mol. The van der Waals surface area contributed by atoms with Crippen LogP contribution in [0.15, 0.2) is 97.1 Å². The van der Waals surface area contributed by atoms with Crippen LogP contribution in [-0.4, -0.2) is 29.1 Å². The van der Waals surface area contributed by atoms with Gasteiger partial charge in [0.05, 0.1) is 5.41 Å². The lowest BCUT2D eigenvalue weighted by atomic mass is 9.59. The fourth-order valence-corrected chi connectivity index (χ4v) is 5.69. The number of aliphatic carboxylic acids is 1. The predicted octanol–water partition coefficient (Wildman–Crippen LogP) is 5.46. The maximum atomic E-state index is 13.1. The summed E-state index contributed by atoms with van der Waals surface area (Å²) in [5.41, 5.74) is 3.84. The molecule has 0 aromatic heterocycles. The van der Waals surface area contributed by atoms with Crippen LogP contribution in [0, 0.1) is 11.3 Å². The second-order valence-electron chi connectivity index (χ2n) is 8.78. The van der Waals surface area contributed by atoms with Crippen LogP contribution >= 0.6 is 0 Å². The van der Waals surface area contributed by atoms with Gasteiger partial charge < -0.3 is 5.11 Å². The highest BCUT2D eigenvalue weighted by Gasteiger charge is 2.59. The molecule has 3 unspecified atom stereocenters. The molecule has 3 atom stereocenters. The Morgan fingerprint density at radius 1 is 0.871 bits per heavy atom. The molecule has 0 bridgehead atoms. The van der Waals surface area contributed by atoms with Crippen molar-refractivity contribution in [3.8, 4) is 0 Å². The zero-order valence-corrected chi connectivity index (χ0v) is 17.5. The van der Waals surface area contributed by atoms with Crippen LogP contribution in [0.3, 0.4) is 0 Å². The summed E-state index contributed by atoms with van der Waals surface area (Å²) in [6.07, 6.45) is 3.04. The van der Waals surface area contributed by atoms with Crippen molar-refractivity contribution in [1.82, 2.24) is 4.90 Å². The SMILES string of the molecule is O=C(O)C12CN(Cc3ccccc3)CC1C(c1ccccc1)=CCC2c1ccccc1. The van der Waals surface area contributed by atoms with E-state index in [0.717, 1.165) is 30.6 Å². The van der Waals surface area contributed by atoms with Gasteiger partial charge in [-0.15, -0.1) is 0 Å². The molecule has 31 heavy (non-hydrogen) atoms. The summed E-state index contributed by atoms with van der Waals surface area (Å²) in [5, 5.41) is 10.7. The Kier molecular flexibility index (Phi) is 5.21. The van der Waals surface area contributed by atoms with Gasteiger partial charge >= 0.3 is 5.97 Å². The molecule has 5 rings (SSSR count). The molecule has 156 valence electrons. The number of nitrogens with zero attached hydrogens (tertiary/aromatic N) is 1. The summed E-state index contributed by atoms with van der Waals surface area (Å²) in [7, 11) is 0. The van der Waals surface area contributed by atoms with Crippen LogP contribution in [0.4, 0.5) is 0 Å². The second-order valence-corrected chi connectivity index (χ2v) is 8.78. The number of rotatable bonds is 5. The van der Waals surface area contributed by atoms with Gasteiger partial charge in [0.1, 0.15) is 0 Å². The summed E-state index contributed by atoms with van der Waals surface area (Å²) in [6, 6.07) is 30.9. The smallest absolute Gasteiger partial charge is 0.312 e. The lowest BCUT2D eigenvalue weighted by Gasteiger charge is -2.42. The number of carboxylic acids is 1. The van der Waals surface area contributed by atoms with Crippen molar-refractivity contribution in [2.45, 2.75) is 18.9 Å². The van der Waals surface area contributed by atoms with Gasteiger partial charge in [0.2, 0.25) is 0 Å². The Bertz CT molecular complexity index is 1080. The minimum Gasteiger partial charge on any atom is -0.481 e. The minimum absolute atomic E-state index is 0.0376. The summed E-state index contributed by atoms with van der Waals surface area (Å²) < 4.78 is 0. The second kappa shape index (κ2) is 8.16. The van der Waals surface area contributed by atoms with Crippen molar-refractivity contribution in [1.29, 1.82) is 0 Å². The van der Waals surface area contributed by atoms with Crippen molar-refractivity contribution in [2.24, 2.45) is 11.3 Å². The van der Waals surface area contributed by atoms with E-state index in [2.05, 4.69) is 47.4 Å². The monoisotopic (exact) mass is 409 g/mol. The lowest BCUT2D eigenvalue weighted by Crippen LogP contribution is -2.46. The van der Waals surface area contributed by atoms with Crippen LogP contribution in [0.2, 0.25) is 0 Å². The average molecular weight is 410 g/mol. The van der Waals surface area contributed by atoms with E-state index >= 15 is 0 Å². The van der Waals surface area contributed by atoms with Crippen LogP contribution in [0.25, 0.3) is 5.57 Å². The number of carboxylic acid groups (broad SMARTS) is 1. The molecule has 1 aliphatic heterocycles. The lowest BCUT2D eigenvalue weighted by molar-refractivity contribution is -0.151. The minimum atomic E-state index is -0.837. The molecular formula is C28H27NO2. The Morgan fingerprint density at radius 3 is 2.13 bits per heavy atom. The van der Waals surface area contributed by atoms with E-state index in [1.807, 2.05) is 54.6 Å². The molecule has 1 fully saturated rings. The maximum Gasteiger partial charge on any atom is 0.312 e. The van der Waals surface area contributed by atoms with Gasteiger partial charge in [0, 0.05) is 31.5 Å². The third-order valence-electron chi connectivity index (χ3n) is 7.07. The zero-order chi connectivity index (χ0) is 21.3. The van der Waals surface area contributed by atoms with E-state index in [1.165, 1.54) is 11.1 Å². The maximum absolute atomic E-state index is 13.1. The number of likely N-dealkylation sites (tertiary alicyclic amines) is 1. The number of fused-ring (bicyclic) bond motifs is 1. The van der Waals surface area contributed by atoms with E-state index < -0.39 is 11.4 Å². The van der Waals surface area contributed by atoms with Gasteiger partial charge in [0.25, 0.3) is 0 Å². The molecule has 1 saturated heterocycles. The normalized spacial score (nSPS) is 25.6. The van der Waals surface area contributed by atoms with Gasteiger partial charge in [-0.25, -0.2) is 0 Å². The summed E-state index contributed by atoms with van der Waals surface area (Å²) in [4.78, 5) is 15.4. The predicted molar refractivity (Wildman–Crippen MR) is 123 cm³/mol. The van der Waals surface area contributed by atoms with E-state index in [9.17, 15) is 9.90 Å². The van der Waals surface area contributed by atoms with Gasteiger partial charge in [-0.3, -0.25) is 9.69 Å². The third-order valence-corrected chi connectivity index (χ3v) is 7.07. The Hall–Kier alpha value is -3.17. The third kappa shape index (κ3) is 3.49. The standard InChI is InChI=1S/C28H27NO2/c30-27(31)28-20-29(18-21-10-4-1-5-11-21)19-26(28)24(22-12-6-2-7-13-22)16-17-25(28)23-14-8-3-9-15-23/h1-16,25-26H,17-20H2,(H,30,31). The van der Waals surface area contributed by atoms with Crippen molar-refractivity contribution >= 4 is 11.5 Å². The summed E-state index contributed by atoms with van der Waals surface area (Å²) >= 11 is 0. The molecule has 3 heteroatoms. The van der Waals surface area contributed by atoms with Crippen LogP contribution in [0.1, 0.15) is 29.0 Å². The average Bonchev–Trinajstić information content (AvgIpc) is 3.20. The first-order valence-electron chi connectivity index (χ1n) is 11.0. The number of allylic oxidation sites excluding steroid dienone is 1. The highest BCUT2D eigenvalue weighted by Crippen LogP contribution is 2.57. The molecule has 1 N–H and O–H groups in total. The van der Waals surface area contributed by atoms with Crippen LogP contribution < -0.4 is 0 Å². The molecule has 1 heterocycles. The molecule has 0 saturated carbocycles.